The summed E-state index contributed by atoms with van der Waals surface area (Å²) in [5, 5.41) is 10.6. The van der Waals surface area contributed by atoms with E-state index in [2.05, 4.69) is 4.99 Å². The van der Waals surface area contributed by atoms with Crippen LogP contribution >= 0.6 is 0 Å². The van der Waals surface area contributed by atoms with Gasteiger partial charge in [0, 0.05) is 5.56 Å². The standard InChI is InChI=1S/C16H23NO3/c1-15(2,3)12-8-10(19-6)7-11(13(12)18)14-17-16(4,5)9-20-14/h7-8,18H,9H2,1-6H3. The monoisotopic (exact) mass is 277 g/mol. The molecule has 4 heteroatoms. The van der Waals surface area contributed by atoms with E-state index < -0.39 is 0 Å². The van der Waals surface area contributed by atoms with Gasteiger partial charge in [0.15, 0.2) is 0 Å². The van der Waals surface area contributed by atoms with E-state index in [4.69, 9.17) is 9.47 Å². The van der Waals surface area contributed by atoms with Crippen molar-refractivity contribution in [2.24, 2.45) is 4.99 Å². The van der Waals surface area contributed by atoms with Gasteiger partial charge in [0.05, 0.1) is 18.2 Å². The lowest BCUT2D eigenvalue weighted by atomic mass is 9.85. The molecule has 1 heterocycles. The Hall–Kier alpha value is -1.71. The second-order valence-corrected chi connectivity index (χ2v) is 6.84. The van der Waals surface area contributed by atoms with Gasteiger partial charge in [-0.15, -0.1) is 0 Å². The quantitative estimate of drug-likeness (QED) is 0.902. The van der Waals surface area contributed by atoms with Crippen LogP contribution in [-0.4, -0.2) is 30.3 Å². The summed E-state index contributed by atoms with van der Waals surface area (Å²) in [5.41, 5.74) is 0.970. The highest BCUT2D eigenvalue weighted by molar-refractivity contribution is 5.99. The maximum Gasteiger partial charge on any atom is 0.220 e. The summed E-state index contributed by atoms with van der Waals surface area (Å²) in [7, 11) is 1.61. The van der Waals surface area contributed by atoms with Gasteiger partial charge >= 0.3 is 0 Å². The average Bonchev–Trinajstić information content (AvgIpc) is 2.68. The Morgan fingerprint density at radius 1 is 1.30 bits per heavy atom. The summed E-state index contributed by atoms with van der Waals surface area (Å²) in [5.74, 6) is 1.39. The summed E-state index contributed by atoms with van der Waals surface area (Å²) < 4.78 is 11.0. The molecule has 0 fully saturated rings. The van der Waals surface area contributed by atoms with Crippen LogP contribution in [0.2, 0.25) is 0 Å². The molecule has 0 amide bonds. The predicted molar refractivity (Wildman–Crippen MR) is 79.9 cm³/mol. The highest BCUT2D eigenvalue weighted by Crippen LogP contribution is 2.38. The van der Waals surface area contributed by atoms with Crippen molar-refractivity contribution in [3.8, 4) is 11.5 Å². The number of aliphatic imine (C=N–C) groups is 1. The van der Waals surface area contributed by atoms with Crippen molar-refractivity contribution < 1.29 is 14.6 Å². The van der Waals surface area contributed by atoms with Gasteiger partial charge in [-0.2, -0.15) is 0 Å². The van der Waals surface area contributed by atoms with Gasteiger partial charge in [0.25, 0.3) is 0 Å². The van der Waals surface area contributed by atoms with E-state index in [0.29, 0.717) is 23.8 Å². The van der Waals surface area contributed by atoms with Crippen LogP contribution in [0.25, 0.3) is 0 Å². The Balaban J connectivity index is 2.59. The van der Waals surface area contributed by atoms with E-state index in [1.54, 1.807) is 13.2 Å². The van der Waals surface area contributed by atoms with Gasteiger partial charge in [-0.25, -0.2) is 4.99 Å². The Morgan fingerprint density at radius 2 is 1.95 bits per heavy atom. The zero-order valence-corrected chi connectivity index (χ0v) is 13.1. The van der Waals surface area contributed by atoms with E-state index in [0.717, 1.165) is 5.56 Å². The van der Waals surface area contributed by atoms with E-state index in [9.17, 15) is 5.11 Å². The van der Waals surface area contributed by atoms with E-state index in [-0.39, 0.29) is 16.7 Å². The molecule has 0 spiro atoms. The fourth-order valence-electron chi connectivity index (χ4n) is 2.18. The van der Waals surface area contributed by atoms with Crippen molar-refractivity contribution in [2.45, 2.75) is 45.6 Å². The Kier molecular flexibility index (Phi) is 3.44. The molecule has 1 aromatic carbocycles. The summed E-state index contributed by atoms with van der Waals surface area (Å²) in [4.78, 5) is 4.53. The van der Waals surface area contributed by atoms with E-state index >= 15 is 0 Å². The Morgan fingerprint density at radius 3 is 2.40 bits per heavy atom. The molecule has 0 aromatic heterocycles. The van der Waals surface area contributed by atoms with Crippen LogP contribution in [0.1, 0.15) is 45.7 Å². The molecule has 0 atom stereocenters. The van der Waals surface area contributed by atoms with E-state index in [1.807, 2.05) is 40.7 Å². The first-order chi connectivity index (χ1) is 9.14. The highest BCUT2D eigenvalue weighted by atomic mass is 16.5. The van der Waals surface area contributed by atoms with Crippen LogP contribution in [0.3, 0.4) is 0 Å². The largest absolute Gasteiger partial charge is 0.507 e. The third kappa shape index (κ3) is 2.74. The lowest BCUT2D eigenvalue weighted by Crippen LogP contribution is -2.17. The molecule has 0 bridgehead atoms. The minimum atomic E-state index is -0.257. The van der Waals surface area contributed by atoms with Gasteiger partial charge in [0.2, 0.25) is 5.90 Å². The number of methoxy groups -OCH3 is 1. The highest BCUT2D eigenvalue weighted by Gasteiger charge is 2.31. The van der Waals surface area contributed by atoms with Gasteiger partial charge < -0.3 is 14.6 Å². The molecule has 20 heavy (non-hydrogen) atoms. The van der Waals surface area contributed by atoms with Crippen molar-refractivity contribution in [3.05, 3.63) is 23.3 Å². The van der Waals surface area contributed by atoms with Crippen LogP contribution in [0.5, 0.6) is 11.5 Å². The summed E-state index contributed by atoms with van der Waals surface area (Å²) in [6, 6.07) is 3.63. The summed E-state index contributed by atoms with van der Waals surface area (Å²) in [6.45, 7) is 10.7. The zero-order chi connectivity index (χ0) is 15.1. The Bertz CT molecular complexity index is 554. The first kappa shape index (κ1) is 14.7. The van der Waals surface area contributed by atoms with Gasteiger partial charge in [-0.05, 0) is 31.4 Å². The molecule has 0 aliphatic carbocycles. The van der Waals surface area contributed by atoms with Gasteiger partial charge in [-0.3, -0.25) is 0 Å². The number of rotatable bonds is 2. The fourth-order valence-corrected chi connectivity index (χ4v) is 2.18. The molecule has 1 aliphatic heterocycles. The molecule has 2 rings (SSSR count). The third-order valence-electron chi connectivity index (χ3n) is 3.32. The normalized spacial score (nSPS) is 17.6. The number of phenolic OH excluding ortho intramolecular Hbond substituents is 1. The minimum Gasteiger partial charge on any atom is -0.507 e. The van der Waals surface area contributed by atoms with Crippen molar-refractivity contribution in [2.75, 3.05) is 13.7 Å². The number of phenols is 1. The lowest BCUT2D eigenvalue weighted by molar-refractivity contribution is 0.278. The molecule has 1 aromatic rings. The molecular formula is C16H23NO3. The smallest absolute Gasteiger partial charge is 0.220 e. The van der Waals surface area contributed by atoms with Gasteiger partial charge in [0.1, 0.15) is 18.1 Å². The topological polar surface area (TPSA) is 51.0 Å². The molecule has 0 unspecified atom stereocenters. The molecule has 1 N–H and O–H groups in total. The third-order valence-corrected chi connectivity index (χ3v) is 3.32. The fraction of sp³-hybridized carbons (Fsp3) is 0.562. The maximum absolute atomic E-state index is 10.6. The van der Waals surface area contributed by atoms with Crippen LogP contribution in [-0.2, 0) is 10.2 Å². The molecular weight excluding hydrogens is 254 g/mol. The minimum absolute atomic E-state index is 0.192. The van der Waals surface area contributed by atoms with Crippen LogP contribution < -0.4 is 4.74 Å². The van der Waals surface area contributed by atoms with Gasteiger partial charge in [-0.1, -0.05) is 20.8 Å². The molecule has 1 aliphatic rings. The molecule has 4 nitrogen and oxygen atoms in total. The molecule has 0 saturated carbocycles. The second kappa shape index (κ2) is 4.69. The zero-order valence-electron chi connectivity index (χ0n) is 13.1. The van der Waals surface area contributed by atoms with Crippen molar-refractivity contribution in [1.29, 1.82) is 0 Å². The number of benzene rings is 1. The van der Waals surface area contributed by atoms with Crippen LogP contribution in [0.15, 0.2) is 17.1 Å². The number of ether oxygens (including phenoxy) is 2. The number of nitrogens with zero attached hydrogens (tertiary/aromatic N) is 1. The maximum atomic E-state index is 10.6. The van der Waals surface area contributed by atoms with E-state index in [1.165, 1.54) is 0 Å². The molecule has 0 saturated heterocycles. The van der Waals surface area contributed by atoms with Crippen LogP contribution in [0.4, 0.5) is 0 Å². The van der Waals surface area contributed by atoms with Crippen molar-refractivity contribution >= 4 is 5.90 Å². The first-order valence-electron chi connectivity index (χ1n) is 6.78. The summed E-state index contributed by atoms with van der Waals surface area (Å²) >= 11 is 0. The summed E-state index contributed by atoms with van der Waals surface area (Å²) in [6.07, 6.45) is 0. The average molecular weight is 277 g/mol. The van der Waals surface area contributed by atoms with Crippen molar-refractivity contribution in [3.63, 3.8) is 0 Å². The number of hydrogen-bond donors (Lipinski definition) is 1. The Labute approximate surface area is 120 Å². The second-order valence-electron chi connectivity index (χ2n) is 6.84. The number of aromatic hydroxyl groups is 1. The van der Waals surface area contributed by atoms with Crippen molar-refractivity contribution in [1.82, 2.24) is 0 Å². The number of hydrogen-bond acceptors (Lipinski definition) is 4. The van der Waals surface area contributed by atoms with Crippen LogP contribution in [0, 0.1) is 0 Å². The molecule has 110 valence electrons. The first-order valence-corrected chi connectivity index (χ1v) is 6.78. The SMILES string of the molecule is COc1cc(C2=NC(C)(C)CO2)c(O)c(C(C)(C)C)c1. The predicted octanol–water partition coefficient (Wildman–Crippen LogP) is 3.25. The molecule has 0 radical (unpaired) electrons. The lowest BCUT2D eigenvalue weighted by Gasteiger charge is -2.22.